The van der Waals surface area contributed by atoms with Gasteiger partial charge in [-0.1, -0.05) is 77.0 Å². The molecule has 4 heteroatoms. The molecule has 0 aliphatic rings. The monoisotopic (exact) mass is 328 g/mol. The van der Waals surface area contributed by atoms with E-state index in [-0.39, 0.29) is 24.8 Å². The Labute approximate surface area is 139 Å². The summed E-state index contributed by atoms with van der Waals surface area (Å²) >= 11 is 0. The standard InChI is InChI=1S/C16H36N2.2ClH/c17-15-13-11-9-7-5-3-1-2-4-6-8-10-12-14-16-18;;/h1-18H2;2*1H. The Hall–Kier alpha value is 0.500. The van der Waals surface area contributed by atoms with Gasteiger partial charge in [-0.3, -0.25) is 0 Å². The molecule has 126 valence electrons. The first kappa shape index (κ1) is 25.5. The summed E-state index contributed by atoms with van der Waals surface area (Å²) in [6.45, 7) is 1.73. The van der Waals surface area contributed by atoms with E-state index in [1.807, 2.05) is 0 Å². The van der Waals surface area contributed by atoms with Crippen molar-refractivity contribution in [2.45, 2.75) is 89.9 Å². The Bertz CT molecular complexity index is 130. The molecule has 0 saturated heterocycles. The maximum Gasteiger partial charge on any atom is -0.00773 e. The third-order valence-electron chi connectivity index (χ3n) is 3.66. The molecule has 0 bridgehead atoms. The molecule has 0 aromatic heterocycles. The van der Waals surface area contributed by atoms with E-state index in [0.717, 1.165) is 13.1 Å². The van der Waals surface area contributed by atoms with Gasteiger partial charge in [0.05, 0.1) is 0 Å². The van der Waals surface area contributed by atoms with Crippen LogP contribution in [0.25, 0.3) is 0 Å². The van der Waals surface area contributed by atoms with Crippen molar-refractivity contribution >= 4 is 24.8 Å². The zero-order chi connectivity index (χ0) is 13.3. The lowest BCUT2D eigenvalue weighted by Gasteiger charge is -2.03. The molecule has 0 spiro atoms. The van der Waals surface area contributed by atoms with E-state index < -0.39 is 0 Å². The lowest BCUT2D eigenvalue weighted by molar-refractivity contribution is 0.534. The lowest BCUT2D eigenvalue weighted by atomic mass is 10.0. The second kappa shape index (κ2) is 24.5. The Balaban J connectivity index is -0.00000144. The molecule has 0 heterocycles. The first-order valence-corrected chi connectivity index (χ1v) is 8.32. The number of rotatable bonds is 15. The van der Waals surface area contributed by atoms with Crippen molar-refractivity contribution in [2.24, 2.45) is 11.5 Å². The Morgan fingerprint density at radius 3 is 0.600 bits per heavy atom. The number of hydrogen-bond donors (Lipinski definition) is 2. The van der Waals surface area contributed by atoms with Crippen molar-refractivity contribution in [2.75, 3.05) is 13.1 Å². The molecule has 0 aromatic rings. The molecule has 4 N–H and O–H groups in total. The molecule has 2 nitrogen and oxygen atoms in total. The molecule has 0 saturated carbocycles. The second-order valence-corrected chi connectivity index (χ2v) is 5.53. The van der Waals surface area contributed by atoms with Crippen LogP contribution in [-0.2, 0) is 0 Å². The summed E-state index contributed by atoms with van der Waals surface area (Å²) in [5.41, 5.74) is 10.9. The fraction of sp³-hybridized carbons (Fsp3) is 1.00. The summed E-state index contributed by atoms with van der Waals surface area (Å²) in [4.78, 5) is 0. The van der Waals surface area contributed by atoms with E-state index in [4.69, 9.17) is 11.5 Å². The van der Waals surface area contributed by atoms with Crippen LogP contribution >= 0.6 is 24.8 Å². The molecule has 0 amide bonds. The minimum absolute atomic E-state index is 0. The van der Waals surface area contributed by atoms with Crippen molar-refractivity contribution in [1.82, 2.24) is 0 Å². The van der Waals surface area contributed by atoms with E-state index in [2.05, 4.69) is 0 Å². The summed E-state index contributed by atoms with van der Waals surface area (Å²) in [7, 11) is 0. The van der Waals surface area contributed by atoms with Crippen molar-refractivity contribution in [3.63, 3.8) is 0 Å². The summed E-state index contributed by atoms with van der Waals surface area (Å²) in [5.74, 6) is 0. The van der Waals surface area contributed by atoms with Gasteiger partial charge in [-0.2, -0.15) is 0 Å². The van der Waals surface area contributed by atoms with Crippen LogP contribution in [0.3, 0.4) is 0 Å². The first-order chi connectivity index (χ1) is 8.91. The predicted octanol–water partition coefficient (Wildman–Crippen LogP) is 5.21. The number of unbranched alkanes of at least 4 members (excludes halogenated alkanes) is 13. The highest BCUT2D eigenvalue weighted by Crippen LogP contribution is 2.12. The normalized spacial score (nSPS) is 9.90. The summed E-state index contributed by atoms with van der Waals surface area (Å²) in [6, 6.07) is 0. The second-order valence-electron chi connectivity index (χ2n) is 5.53. The average molecular weight is 329 g/mol. The zero-order valence-corrected chi connectivity index (χ0v) is 14.9. The molecule has 0 fully saturated rings. The molecule has 0 aliphatic carbocycles. The molecular formula is C16H38Cl2N2. The number of nitrogens with two attached hydrogens (primary N) is 2. The van der Waals surface area contributed by atoms with Gasteiger partial charge in [0.15, 0.2) is 0 Å². The van der Waals surface area contributed by atoms with Crippen LogP contribution in [-0.4, -0.2) is 13.1 Å². The fourth-order valence-electron chi connectivity index (χ4n) is 2.41. The molecule has 0 atom stereocenters. The SMILES string of the molecule is Cl.Cl.NCCCCCCCCCCCCCCCCN. The largest absolute Gasteiger partial charge is 0.330 e. The smallest absolute Gasteiger partial charge is 0.00773 e. The van der Waals surface area contributed by atoms with E-state index in [1.165, 1.54) is 89.9 Å². The van der Waals surface area contributed by atoms with Gasteiger partial charge in [0.25, 0.3) is 0 Å². The number of halogens is 2. The Morgan fingerprint density at radius 2 is 0.450 bits per heavy atom. The summed E-state index contributed by atoms with van der Waals surface area (Å²) in [5, 5.41) is 0. The molecule has 0 aliphatic heterocycles. The van der Waals surface area contributed by atoms with E-state index in [1.54, 1.807) is 0 Å². The highest BCUT2D eigenvalue weighted by atomic mass is 35.5. The molecular weight excluding hydrogens is 291 g/mol. The Kier molecular flexibility index (Phi) is 31.2. The van der Waals surface area contributed by atoms with Gasteiger partial charge in [0.1, 0.15) is 0 Å². The van der Waals surface area contributed by atoms with E-state index in [0.29, 0.717) is 0 Å². The van der Waals surface area contributed by atoms with Crippen molar-refractivity contribution in [3.05, 3.63) is 0 Å². The summed E-state index contributed by atoms with van der Waals surface area (Å²) in [6.07, 6.45) is 19.3. The number of hydrogen-bond acceptors (Lipinski definition) is 2. The van der Waals surface area contributed by atoms with Crippen molar-refractivity contribution in [3.8, 4) is 0 Å². The fourth-order valence-corrected chi connectivity index (χ4v) is 2.41. The predicted molar refractivity (Wildman–Crippen MR) is 97.2 cm³/mol. The van der Waals surface area contributed by atoms with Crippen LogP contribution in [0.15, 0.2) is 0 Å². The maximum absolute atomic E-state index is 5.47. The highest BCUT2D eigenvalue weighted by Gasteiger charge is 1.93. The van der Waals surface area contributed by atoms with Gasteiger partial charge in [-0.05, 0) is 25.9 Å². The van der Waals surface area contributed by atoms with Crippen LogP contribution in [0.1, 0.15) is 89.9 Å². The minimum Gasteiger partial charge on any atom is -0.330 e. The zero-order valence-electron chi connectivity index (χ0n) is 13.3. The molecule has 0 aromatic carbocycles. The van der Waals surface area contributed by atoms with Crippen LogP contribution < -0.4 is 11.5 Å². The Morgan fingerprint density at radius 1 is 0.300 bits per heavy atom. The van der Waals surface area contributed by atoms with Gasteiger partial charge < -0.3 is 11.5 Å². The lowest BCUT2D eigenvalue weighted by Crippen LogP contribution is -1.97. The summed E-state index contributed by atoms with van der Waals surface area (Å²) < 4.78 is 0. The topological polar surface area (TPSA) is 52.0 Å². The van der Waals surface area contributed by atoms with Gasteiger partial charge in [0, 0.05) is 0 Å². The van der Waals surface area contributed by atoms with Crippen LogP contribution in [0.5, 0.6) is 0 Å². The van der Waals surface area contributed by atoms with Crippen LogP contribution in [0, 0.1) is 0 Å². The molecule has 20 heavy (non-hydrogen) atoms. The molecule has 0 unspecified atom stereocenters. The van der Waals surface area contributed by atoms with Gasteiger partial charge in [-0.15, -0.1) is 24.8 Å². The minimum atomic E-state index is 0. The highest BCUT2D eigenvalue weighted by molar-refractivity contribution is 5.85. The van der Waals surface area contributed by atoms with Gasteiger partial charge in [-0.25, -0.2) is 0 Å². The molecule has 0 rings (SSSR count). The van der Waals surface area contributed by atoms with E-state index in [9.17, 15) is 0 Å². The van der Waals surface area contributed by atoms with Gasteiger partial charge >= 0.3 is 0 Å². The quantitative estimate of drug-likeness (QED) is 0.405. The average Bonchev–Trinajstić information content (AvgIpc) is 2.39. The van der Waals surface area contributed by atoms with Crippen LogP contribution in [0.4, 0.5) is 0 Å². The van der Waals surface area contributed by atoms with Crippen LogP contribution in [0.2, 0.25) is 0 Å². The van der Waals surface area contributed by atoms with Gasteiger partial charge in [0.2, 0.25) is 0 Å². The van der Waals surface area contributed by atoms with E-state index >= 15 is 0 Å². The van der Waals surface area contributed by atoms with Crippen molar-refractivity contribution < 1.29 is 0 Å². The first-order valence-electron chi connectivity index (χ1n) is 8.32. The molecule has 0 radical (unpaired) electrons. The maximum atomic E-state index is 5.47. The van der Waals surface area contributed by atoms with Crippen molar-refractivity contribution in [1.29, 1.82) is 0 Å². The third-order valence-corrected chi connectivity index (χ3v) is 3.66. The third kappa shape index (κ3) is 23.6.